The molecule has 0 spiro atoms. The molecule has 40 heavy (non-hydrogen) atoms. The van der Waals surface area contributed by atoms with Gasteiger partial charge in [-0.05, 0) is 42.0 Å². The largest absolute Gasteiger partial charge is 0.368 e. The van der Waals surface area contributed by atoms with E-state index in [4.69, 9.17) is 14.7 Å². The van der Waals surface area contributed by atoms with Crippen molar-refractivity contribution < 1.29 is 13.2 Å². The zero-order chi connectivity index (χ0) is 28.2. The summed E-state index contributed by atoms with van der Waals surface area (Å²) in [4.78, 5) is 16.2. The lowest BCUT2D eigenvalue weighted by Crippen LogP contribution is -2.57. The number of benzene rings is 1. The number of hydrogen-bond acceptors (Lipinski definition) is 9. The Hall–Kier alpha value is -3.57. The van der Waals surface area contributed by atoms with Gasteiger partial charge in [0.25, 0.3) is 0 Å². The van der Waals surface area contributed by atoms with Crippen LogP contribution in [0.3, 0.4) is 0 Å². The minimum atomic E-state index is -3.01. The van der Waals surface area contributed by atoms with E-state index in [1.807, 2.05) is 23.1 Å². The Labute approximate surface area is 234 Å². The normalized spacial score (nSPS) is 20.1. The molecule has 2 fully saturated rings. The molecule has 0 radical (unpaired) electrons. The van der Waals surface area contributed by atoms with Crippen LogP contribution in [0.25, 0.3) is 22.2 Å². The zero-order valence-electron chi connectivity index (χ0n) is 23.5. The molecule has 0 bridgehead atoms. The van der Waals surface area contributed by atoms with Crippen LogP contribution in [-0.2, 0) is 20.3 Å². The first-order valence-electron chi connectivity index (χ1n) is 13.6. The minimum Gasteiger partial charge on any atom is -0.368 e. The van der Waals surface area contributed by atoms with Gasteiger partial charge >= 0.3 is 0 Å². The van der Waals surface area contributed by atoms with Crippen LogP contribution in [0.5, 0.6) is 0 Å². The Morgan fingerprint density at radius 1 is 1.12 bits per heavy atom. The third kappa shape index (κ3) is 4.92. The summed E-state index contributed by atoms with van der Waals surface area (Å²) in [6.45, 7) is 7.18. The van der Waals surface area contributed by atoms with Gasteiger partial charge in [-0.15, -0.1) is 0 Å². The van der Waals surface area contributed by atoms with E-state index in [2.05, 4.69) is 59.3 Å². The van der Waals surface area contributed by atoms with E-state index < -0.39 is 9.84 Å². The van der Waals surface area contributed by atoms with Gasteiger partial charge in [0.1, 0.15) is 21.5 Å². The Morgan fingerprint density at radius 2 is 1.93 bits per heavy atom. The zero-order valence-corrected chi connectivity index (χ0v) is 24.3. The van der Waals surface area contributed by atoms with Crippen molar-refractivity contribution in [2.24, 2.45) is 5.92 Å². The summed E-state index contributed by atoms with van der Waals surface area (Å²) in [6.07, 6.45) is 10.5. The van der Waals surface area contributed by atoms with E-state index in [0.29, 0.717) is 23.4 Å². The number of methoxy groups -OCH3 is 1. The lowest BCUT2D eigenvalue weighted by Gasteiger charge is -2.48. The third-order valence-corrected chi connectivity index (χ3v) is 9.23. The van der Waals surface area contributed by atoms with Crippen molar-refractivity contribution in [1.29, 1.82) is 0 Å². The quantitative estimate of drug-likeness (QED) is 0.310. The first kappa shape index (κ1) is 26.6. The molecule has 210 valence electrons. The molecule has 1 saturated heterocycles. The minimum absolute atomic E-state index is 0.132. The summed E-state index contributed by atoms with van der Waals surface area (Å²) in [6, 6.07) is 8.35. The van der Waals surface area contributed by atoms with Gasteiger partial charge in [-0.2, -0.15) is 5.10 Å². The summed E-state index contributed by atoms with van der Waals surface area (Å²) in [7, 11) is -1.30. The number of nitrogens with zero attached hydrogens (tertiary/aromatic N) is 6. The van der Waals surface area contributed by atoms with E-state index in [1.165, 1.54) is 11.8 Å². The van der Waals surface area contributed by atoms with E-state index in [-0.39, 0.29) is 23.4 Å². The first-order valence-corrected chi connectivity index (χ1v) is 15.7. The van der Waals surface area contributed by atoms with Gasteiger partial charge in [-0.3, -0.25) is 0 Å². The second kappa shape index (κ2) is 9.81. The van der Waals surface area contributed by atoms with Crippen LogP contribution in [0.15, 0.2) is 49.1 Å². The monoisotopic (exact) mass is 561 g/mol. The Morgan fingerprint density at radius 3 is 2.60 bits per heavy atom. The number of rotatable bonds is 9. The SMILES string of the molecule is COC1(n2cc(-c3nccc(Nc4cc5c(C(C)C)ccc(N6C[C@H](CS(C)(=O)=O)[C@H]6C)c5cn4)n3)cn2)CC1. The van der Waals surface area contributed by atoms with Crippen LogP contribution in [0, 0.1) is 5.92 Å². The second-order valence-corrected chi connectivity index (χ2v) is 13.6. The third-order valence-electron chi connectivity index (χ3n) is 8.19. The highest BCUT2D eigenvalue weighted by Crippen LogP contribution is 2.44. The highest BCUT2D eigenvalue weighted by atomic mass is 32.2. The Kier molecular flexibility index (Phi) is 6.53. The number of aromatic nitrogens is 5. The smallest absolute Gasteiger partial charge is 0.164 e. The van der Waals surface area contributed by atoms with Gasteiger partial charge in [0.2, 0.25) is 0 Å². The highest BCUT2D eigenvalue weighted by Gasteiger charge is 2.46. The maximum absolute atomic E-state index is 11.8. The molecule has 4 heterocycles. The van der Waals surface area contributed by atoms with E-state index in [1.54, 1.807) is 19.5 Å². The second-order valence-electron chi connectivity index (χ2n) is 11.4. The number of sulfone groups is 1. The summed E-state index contributed by atoms with van der Waals surface area (Å²) < 4.78 is 31.2. The molecule has 1 aromatic carbocycles. The predicted octanol–water partition coefficient (Wildman–Crippen LogP) is 4.72. The standard InChI is InChI=1S/C29H35N7O3S/c1-18(2)22-6-7-25(35-15-21(19(35)3)17-40(5,37)38)24-14-31-27(12-23(22)24)33-26-8-11-30-28(34-26)20-13-32-36(16-20)29(39-4)9-10-29/h6-8,11-14,16,18-19,21H,9-10,15,17H2,1-5H3,(H,30,31,33,34)/t19-,21-/m1/s1. The van der Waals surface area contributed by atoms with Gasteiger partial charge in [-0.25, -0.2) is 28.1 Å². The molecule has 1 saturated carbocycles. The number of hydrogen-bond donors (Lipinski definition) is 1. The van der Waals surface area contributed by atoms with Crippen molar-refractivity contribution in [2.45, 2.75) is 51.3 Å². The Balaban J connectivity index is 1.28. The molecule has 1 aliphatic carbocycles. The van der Waals surface area contributed by atoms with Crippen molar-refractivity contribution in [3.05, 3.63) is 54.6 Å². The van der Waals surface area contributed by atoms with Crippen LogP contribution in [0.2, 0.25) is 0 Å². The fourth-order valence-corrected chi connectivity index (χ4v) is 6.81. The topological polar surface area (TPSA) is 115 Å². The molecule has 2 aliphatic rings. The van der Waals surface area contributed by atoms with Crippen LogP contribution >= 0.6 is 0 Å². The predicted molar refractivity (Wildman–Crippen MR) is 157 cm³/mol. The van der Waals surface area contributed by atoms with Crippen molar-refractivity contribution in [3.8, 4) is 11.4 Å². The van der Waals surface area contributed by atoms with Crippen molar-refractivity contribution in [2.75, 3.05) is 35.9 Å². The number of ether oxygens (including phenoxy) is 1. The molecule has 11 heteroatoms. The molecule has 4 aromatic rings. The van der Waals surface area contributed by atoms with E-state index >= 15 is 0 Å². The average molecular weight is 562 g/mol. The van der Waals surface area contributed by atoms with Crippen LogP contribution in [0.1, 0.15) is 45.1 Å². The molecular formula is C29H35N7O3S. The fourth-order valence-electron chi connectivity index (χ4n) is 5.65. The van der Waals surface area contributed by atoms with Crippen molar-refractivity contribution >= 4 is 37.9 Å². The van der Waals surface area contributed by atoms with E-state index in [9.17, 15) is 8.42 Å². The van der Waals surface area contributed by atoms with Crippen LogP contribution < -0.4 is 10.2 Å². The molecule has 6 rings (SSSR count). The number of anilines is 3. The van der Waals surface area contributed by atoms with Gasteiger partial charge in [0.15, 0.2) is 11.5 Å². The summed E-state index contributed by atoms with van der Waals surface area (Å²) >= 11 is 0. The number of fused-ring (bicyclic) bond motifs is 1. The van der Waals surface area contributed by atoms with Gasteiger partial charge < -0.3 is 15.0 Å². The molecule has 3 aromatic heterocycles. The average Bonchev–Trinajstić information content (AvgIpc) is 3.56. The fraction of sp³-hybridized carbons (Fsp3) is 0.448. The molecule has 2 atom stereocenters. The lowest BCUT2D eigenvalue weighted by molar-refractivity contribution is 0.00601. The van der Waals surface area contributed by atoms with Crippen molar-refractivity contribution in [1.82, 2.24) is 24.7 Å². The van der Waals surface area contributed by atoms with Crippen LogP contribution in [-0.4, -0.2) is 64.9 Å². The van der Waals surface area contributed by atoms with Gasteiger partial charge in [0.05, 0.1) is 17.5 Å². The molecule has 1 N–H and O–H groups in total. The highest BCUT2D eigenvalue weighted by molar-refractivity contribution is 7.90. The van der Waals surface area contributed by atoms with E-state index in [0.717, 1.165) is 41.4 Å². The number of pyridine rings is 1. The number of nitrogens with one attached hydrogen (secondary N) is 1. The first-order chi connectivity index (χ1) is 19.1. The Bertz CT molecular complexity index is 1680. The summed E-state index contributed by atoms with van der Waals surface area (Å²) in [5.74, 6) is 2.57. The molecular weight excluding hydrogens is 526 g/mol. The molecule has 0 unspecified atom stereocenters. The maximum Gasteiger partial charge on any atom is 0.164 e. The lowest BCUT2D eigenvalue weighted by atomic mass is 9.88. The van der Waals surface area contributed by atoms with Gasteiger partial charge in [0, 0.05) is 74.4 Å². The van der Waals surface area contributed by atoms with Crippen molar-refractivity contribution in [3.63, 3.8) is 0 Å². The summed E-state index contributed by atoms with van der Waals surface area (Å²) in [5.41, 5.74) is 2.80. The molecule has 10 nitrogen and oxygen atoms in total. The summed E-state index contributed by atoms with van der Waals surface area (Å²) in [5, 5.41) is 10.0. The molecule has 1 aliphatic heterocycles. The molecule has 0 amide bonds. The van der Waals surface area contributed by atoms with Gasteiger partial charge in [-0.1, -0.05) is 19.9 Å². The maximum atomic E-state index is 11.8. The van der Waals surface area contributed by atoms with Crippen LogP contribution in [0.4, 0.5) is 17.3 Å².